The number of hydrogen-bond donors (Lipinski definition) is 2. The molecule has 0 saturated carbocycles. The Labute approximate surface area is 127 Å². The lowest BCUT2D eigenvalue weighted by atomic mass is 9.72. The van der Waals surface area contributed by atoms with Gasteiger partial charge in [0.2, 0.25) is 5.41 Å². The smallest absolute Gasteiger partial charge is 0.399 e. The van der Waals surface area contributed by atoms with E-state index in [9.17, 15) is 26.3 Å². The van der Waals surface area contributed by atoms with Crippen LogP contribution in [-0.2, 0) is 5.41 Å². The van der Waals surface area contributed by atoms with Crippen LogP contribution >= 0.6 is 0 Å². The van der Waals surface area contributed by atoms with Crippen LogP contribution in [0.4, 0.5) is 37.7 Å². The van der Waals surface area contributed by atoms with Crippen molar-refractivity contribution in [1.82, 2.24) is 0 Å². The third kappa shape index (κ3) is 2.69. The fourth-order valence-electron chi connectivity index (χ4n) is 2.49. The molecule has 0 aliphatic rings. The zero-order valence-electron chi connectivity index (χ0n) is 11.5. The third-order valence-electron chi connectivity index (χ3n) is 3.51. The summed E-state index contributed by atoms with van der Waals surface area (Å²) in [5.74, 6) is 0. The number of hydrogen-bond acceptors (Lipinski definition) is 2. The average Bonchev–Trinajstić information content (AvgIpc) is 2.38. The van der Waals surface area contributed by atoms with Gasteiger partial charge in [0.15, 0.2) is 0 Å². The maximum absolute atomic E-state index is 13.7. The molecule has 0 atom stereocenters. The lowest BCUT2D eigenvalue weighted by Crippen LogP contribution is -2.54. The molecule has 0 spiro atoms. The fraction of sp³-hybridized carbons (Fsp3) is 0.200. The molecule has 0 radical (unpaired) electrons. The maximum Gasteiger partial charge on any atom is 0.411 e. The van der Waals surface area contributed by atoms with Gasteiger partial charge in [0.05, 0.1) is 0 Å². The normalized spacial score (nSPS) is 13.1. The molecule has 0 saturated heterocycles. The van der Waals surface area contributed by atoms with Gasteiger partial charge in [-0.15, -0.1) is 0 Å². The summed E-state index contributed by atoms with van der Waals surface area (Å²) in [6, 6.07) is 7.13. The van der Waals surface area contributed by atoms with Crippen LogP contribution in [0.3, 0.4) is 0 Å². The van der Waals surface area contributed by atoms with Crippen LogP contribution in [0.15, 0.2) is 48.5 Å². The first-order valence-corrected chi connectivity index (χ1v) is 6.35. The number of alkyl halides is 6. The molecule has 0 fully saturated rings. The highest BCUT2D eigenvalue weighted by Gasteiger charge is 2.72. The Bertz CT molecular complexity index is 674. The van der Waals surface area contributed by atoms with Crippen molar-refractivity contribution < 1.29 is 26.3 Å². The van der Waals surface area contributed by atoms with Gasteiger partial charge < -0.3 is 11.5 Å². The summed E-state index contributed by atoms with van der Waals surface area (Å²) < 4.78 is 82.1. The topological polar surface area (TPSA) is 52.0 Å². The minimum atomic E-state index is -5.63. The molecule has 0 aliphatic heterocycles. The van der Waals surface area contributed by atoms with E-state index in [0.717, 1.165) is 36.4 Å². The van der Waals surface area contributed by atoms with Gasteiger partial charge in [0.25, 0.3) is 0 Å². The van der Waals surface area contributed by atoms with Crippen LogP contribution in [0.25, 0.3) is 0 Å². The second kappa shape index (κ2) is 5.36. The number of nitrogens with two attached hydrogens (primary N) is 2. The lowest BCUT2D eigenvalue weighted by molar-refractivity contribution is -0.288. The molecule has 2 rings (SSSR count). The summed E-state index contributed by atoms with van der Waals surface area (Å²) in [4.78, 5) is 0. The average molecular weight is 334 g/mol. The number of nitrogen functional groups attached to an aromatic ring is 2. The molecule has 8 heteroatoms. The summed E-state index contributed by atoms with van der Waals surface area (Å²) in [6.45, 7) is 0. The molecular weight excluding hydrogens is 322 g/mol. The Hall–Kier alpha value is -2.38. The molecule has 0 aromatic heterocycles. The molecule has 23 heavy (non-hydrogen) atoms. The molecule has 0 heterocycles. The minimum absolute atomic E-state index is 0.0552. The van der Waals surface area contributed by atoms with E-state index in [1.165, 1.54) is 6.07 Å². The molecular formula is C15H12F6N2. The van der Waals surface area contributed by atoms with E-state index in [4.69, 9.17) is 11.5 Å². The van der Waals surface area contributed by atoms with Gasteiger partial charge in [-0.2, -0.15) is 26.3 Å². The van der Waals surface area contributed by atoms with Gasteiger partial charge in [-0.1, -0.05) is 24.3 Å². The van der Waals surface area contributed by atoms with Crippen LogP contribution in [-0.4, -0.2) is 12.4 Å². The second-order valence-electron chi connectivity index (χ2n) is 4.99. The summed E-state index contributed by atoms with van der Waals surface area (Å²) in [6.07, 6.45) is -11.3. The molecule has 0 amide bonds. The van der Waals surface area contributed by atoms with Crippen molar-refractivity contribution in [2.24, 2.45) is 0 Å². The summed E-state index contributed by atoms with van der Waals surface area (Å²) in [5.41, 5.74) is 4.45. The Morgan fingerprint density at radius 1 is 0.609 bits per heavy atom. The first-order chi connectivity index (χ1) is 10.5. The quantitative estimate of drug-likeness (QED) is 0.637. The summed E-state index contributed by atoms with van der Waals surface area (Å²) in [5, 5.41) is 0. The highest BCUT2D eigenvalue weighted by molar-refractivity contribution is 5.52. The Kier molecular flexibility index (Phi) is 3.96. The molecule has 0 bridgehead atoms. The van der Waals surface area contributed by atoms with Gasteiger partial charge in [-0.25, -0.2) is 0 Å². The predicted octanol–water partition coefficient (Wildman–Crippen LogP) is 4.26. The highest BCUT2D eigenvalue weighted by Crippen LogP contribution is 2.56. The van der Waals surface area contributed by atoms with Gasteiger partial charge in [0, 0.05) is 11.4 Å². The molecule has 2 nitrogen and oxygen atoms in total. The molecule has 2 aromatic carbocycles. The largest absolute Gasteiger partial charge is 0.411 e. The van der Waals surface area contributed by atoms with Crippen LogP contribution < -0.4 is 11.5 Å². The van der Waals surface area contributed by atoms with Gasteiger partial charge >= 0.3 is 12.4 Å². The van der Waals surface area contributed by atoms with Crippen LogP contribution in [0.5, 0.6) is 0 Å². The maximum atomic E-state index is 13.7. The number of halogens is 6. The first-order valence-electron chi connectivity index (χ1n) is 6.35. The first kappa shape index (κ1) is 17.0. The zero-order chi connectivity index (χ0) is 17.5. The lowest BCUT2D eigenvalue weighted by Gasteiger charge is -2.38. The molecule has 0 aliphatic carbocycles. The van der Waals surface area contributed by atoms with E-state index in [1.807, 2.05) is 0 Å². The minimum Gasteiger partial charge on any atom is -0.399 e. The van der Waals surface area contributed by atoms with E-state index >= 15 is 0 Å². The fourth-order valence-corrected chi connectivity index (χ4v) is 2.49. The standard InChI is InChI=1S/C15H12F6N2/c16-14(17,18)13(15(19,20)21,9-4-6-11(22)7-5-9)10-2-1-3-12(23)8-10/h1-8H,22-23H2. The molecule has 0 unspecified atom stereocenters. The van der Waals surface area contributed by atoms with E-state index < -0.39 is 28.9 Å². The third-order valence-corrected chi connectivity index (χ3v) is 3.51. The van der Waals surface area contributed by atoms with E-state index in [0.29, 0.717) is 6.07 Å². The van der Waals surface area contributed by atoms with Crippen molar-refractivity contribution >= 4 is 11.4 Å². The number of anilines is 2. The van der Waals surface area contributed by atoms with E-state index in [2.05, 4.69) is 0 Å². The van der Waals surface area contributed by atoms with Crippen LogP contribution in [0, 0.1) is 0 Å². The second-order valence-corrected chi connectivity index (χ2v) is 4.99. The molecule has 4 N–H and O–H groups in total. The van der Waals surface area contributed by atoms with Gasteiger partial charge in [0.1, 0.15) is 0 Å². The van der Waals surface area contributed by atoms with Crippen molar-refractivity contribution in [2.75, 3.05) is 11.5 Å². The Morgan fingerprint density at radius 2 is 1.13 bits per heavy atom. The summed E-state index contributed by atoms with van der Waals surface area (Å²) in [7, 11) is 0. The van der Waals surface area contributed by atoms with Gasteiger partial charge in [-0.3, -0.25) is 0 Å². The van der Waals surface area contributed by atoms with E-state index in [1.54, 1.807) is 0 Å². The van der Waals surface area contributed by atoms with Gasteiger partial charge in [-0.05, 0) is 35.4 Å². The van der Waals surface area contributed by atoms with Crippen LogP contribution in [0.1, 0.15) is 11.1 Å². The Morgan fingerprint density at radius 3 is 1.57 bits per heavy atom. The Balaban J connectivity index is 2.90. The van der Waals surface area contributed by atoms with E-state index in [-0.39, 0.29) is 11.4 Å². The van der Waals surface area contributed by atoms with Crippen molar-refractivity contribution in [2.45, 2.75) is 17.8 Å². The number of benzene rings is 2. The predicted molar refractivity (Wildman–Crippen MR) is 74.6 cm³/mol. The van der Waals surface area contributed by atoms with Crippen molar-refractivity contribution in [3.8, 4) is 0 Å². The van der Waals surface area contributed by atoms with Crippen molar-refractivity contribution in [1.29, 1.82) is 0 Å². The van der Waals surface area contributed by atoms with Crippen molar-refractivity contribution in [3.05, 3.63) is 59.7 Å². The molecule has 124 valence electrons. The molecule has 2 aromatic rings. The SMILES string of the molecule is Nc1ccc(C(c2cccc(N)c2)(C(F)(F)F)C(F)(F)F)cc1. The number of rotatable bonds is 2. The van der Waals surface area contributed by atoms with Crippen LogP contribution in [0.2, 0.25) is 0 Å². The highest BCUT2D eigenvalue weighted by atomic mass is 19.4. The monoisotopic (exact) mass is 334 g/mol. The summed E-state index contributed by atoms with van der Waals surface area (Å²) >= 11 is 0. The van der Waals surface area contributed by atoms with Crippen molar-refractivity contribution in [3.63, 3.8) is 0 Å². The zero-order valence-corrected chi connectivity index (χ0v) is 11.5.